The van der Waals surface area contributed by atoms with Gasteiger partial charge < -0.3 is 9.47 Å². The summed E-state index contributed by atoms with van der Waals surface area (Å²) in [6, 6.07) is 9.97. The van der Waals surface area contributed by atoms with Gasteiger partial charge in [0.15, 0.2) is 5.78 Å². The highest BCUT2D eigenvalue weighted by atomic mass is 16.5. The number of ketones is 1. The molecule has 0 N–H and O–H groups in total. The molecule has 6 heteroatoms. The van der Waals surface area contributed by atoms with E-state index >= 15 is 0 Å². The zero-order valence-electron chi connectivity index (χ0n) is 17.7. The van der Waals surface area contributed by atoms with E-state index in [4.69, 9.17) is 9.47 Å². The third kappa shape index (κ3) is 3.52. The molecule has 2 heterocycles. The van der Waals surface area contributed by atoms with Crippen LogP contribution in [0.4, 0.5) is 0 Å². The molecule has 0 spiro atoms. The van der Waals surface area contributed by atoms with Crippen LogP contribution in [-0.4, -0.2) is 29.6 Å². The molecular weight excluding hydrogens is 378 g/mol. The standard InChI is InChI=1S/C24H25N3O3/c1-24(2,14-25)17-7-8-19-18(12-26-27(19)13-17)16-10-21(29-3)23(22(11-16)30-4)20(28)9-15-5-6-15/h7-8,10-13,15H,5-6,9H2,1-4H3. The Balaban J connectivity index is 1.79. The van der Waals surface area contributed by atoms with E-state index in [9.17, 15) is 10.1 Å². The van der Waals surface area contributed by atoms with Gasteiger partial charge in [0, 0.05) is 18.2 Å². The summed E-state index contributed by atoms with van der Waals surface area (Å²) in [6.07, 6.45) is 6.41. The fourth-order valence-electron chi connectivity index (χ4n) is 3.67. The molecule has 1 aliphatic carbocycles. The molecule has 6 nitrogen and oxygen atoms in total. The first kappa shape index (κ1) is 20.0. The Bertz CT molecular complexity index is 1140. The summed E-state index contributed by atoms with van der Waals surface area (Å²) in [6.45, 7) is 3.76. The second kappa shape index (κ2) is 7.49. The smallest absolute Gasteiger partial charge is 0.170 e. The molecule has 0 amide bonds. The lowest BCUT2D eigenvalue weighted by Gasteiger charge is -2.16. The Morgan fingerprint density at radius 3 is 2.47 bits per heavy atom. The van der Waals surface area contributed by atoms with Crippen molar-refractivity contribution in [3.63, 3.8) is 0 Å². The summed E-state index contributed by atoms with van der Waals surface area (Å²) in [5, 5.41) is 13.9. The minimum atomic E-state index is -0.601. The minimum Gasteiger partial charge on any atom is -0.496 e. The number of aromatic nitrogens is 2. The van der Waals surface area contributed by atoms with Crippen LogP contribution in [0, 0.1) is 17.2 Å². The van der Waals surface area contributed by atoms with Crippen LogP contribution in [0.3, 0.4) is 0 Å². The number of hydrogen-bond acceptors (Lipinski definition) is 5. The molecular formula is C24H25N3O3. The second-order valence-electron chi connectivity index (χ2n) is 8.37. The molecule has 0 aliphatic heterocycles. The summed E-state index contributed by atoms with van der Waals surface area (Å²) in [5.74, 6) is 1.56. The number of nitriles is 1. The van der Waals surface area contributed by atoms with Crippen LogP contribution in [0.15, 0.2) is 36.7 Å². The molecule has 1 saturated carbocycles. The Labute approximate surface area is 176 Å². The van der Waals surface area contributed by atoms with Crippen molar-refractivity contribution in [2.45, 2.75) is 38.5 Å². The van der Waals surface area contributed by atoms with Gasteiger partial charge in [-0.2, -0.15) is 10.4 Å². The maximum Gasteiger partial charge on any atom is 0.170 e. The Morgan fingerprint density at radius 2 is 1.90 bits per heavy atom. The van der Waals surface area contributed by atoms with Gasteiger partial charge in [-0.15, -0.1) is 0 Å². The highest BCUT2D eigenvalue weighted by Gasteiger charge is 2.29. The number of pyridine rings is 1. The Hall–Kier alpha value is -3.33. The number of benzene rings is 1. The van der Waals surface area contributed by atoms with Crippen molar-refractivity contribution in [1.82, 2.24) is 9.61 Å². The quantitative estimate of drug-likeness (QED) is 0.530. The van der Waals surface area contributed by atoms with Crippen LogP contribution in [0.1, 0.15) is 49.0 Å². The van der Waals surface area contributed by atoms with Crippen LogP contribution < -0.4 is 9.47 Å². The largest absolute Gasteiger partial charge is 0.496 e. The van der Waals surface area contributed by atoms with Crippen molar-refractivity contribution >= 4 is 11.3 Å². The van der Waals surface area contributed by atoms with Crippen LogP contribution in [0.25, 0.3) is 16.6 Å². The van der Waals surface area contributed by atoms with Crippen LogP contribution in [0.5, 0.6) is 11.5 Å². The second-order valence-corrected chi connectivity index (χ2v) is 8.37. The normalized spacial score (nSPS) is 13.8. The van der Waals surface area contributed by atoms with E-state index in [1.54, 1.807) is 24.9 Å². The average molecular weight is 403 g/mol. The number of Topliss-reactive ketones (excluding diaryl/α,β-unsaturated/α-hetero) is 1. The number of rotatable bonds is 7. The van der Waals surface area contributed by atoms with Crippen LogP contribution >= 0.6 is 0 Å². The maximum absolute atomic E-state index is 12.8. The Kier molecular flexibility index (Phi) is 4.98. The number of fused-ring (bicyclic) bond motifs is 1. The van der Waals surface area contributed by atoms with Gasteiger partial charge in [0.2, 0.25) is 0 Å². The molecule has 0 bridgehead atoms. The number of nitrogens with zero attached hydrogens (tertiary/aromatic N) is 3. The zero-order chi connectivity index (χ0) is 21.5. The van der Waals surface area contributed by atoms with Gasteiger partial charge in [-0.1, -0.05) is 6.07 Å². The van der Waals surface area contributed by atoms with Crippen molar-refractivity contribution in [3.05, 3.63) is 47.8 Å². The number of carbonyl (C=O) groups excluding carboxylic acids is 1. The highest BCUT2D eigenvalue weighted by Crippen LogP contribution is 2.40. The fourth-order valence-corrected chi connectivity index (χ4v) is 3.67. The predicted octanol–water partition coefficient (Wildman–Crippen LogP) is 4.80. The van der Waals surface area contributed by atoms with Crippen molar-refractivity contribution in [2.75, 3.05) is 14.2 Å². The SMILES string of the molecule is COc1cc(-c2cnn3cc(C(C)(C)C#N)ccc23)cc(OC)c1C(=O)CC1CC1. The first-order valence-corrected chi connectivity index (χ1v) is 10.1. The molecule has 2 aromatic heterocycles. The van der Waals surface area contributed by atoms with E-state index in [-0.39, 0.29) is 5.78 Å². The number of ether oxygens (including phenoxy) is 2. The topological polar surface area (TPSA) is 76.6 Å². The maximum atomic E-state index is 12.8. The third-order valence-electron chi connectivity index (χ3n) is 5.78. The monoisotopic (exact) mass is 403 g/mol. The summed E-state index contributed by atoms with van der Waals surface area (Å²) >= 11 is 0. The lowest BCUT2D eigenvalue weighted by molar-refractivity contribution is 0.0970. The van der Waals surface area contributed by atoms with E-state index < -0.39 is 5.41 Å². The van der Waals surface area contributed by atoms with Crippen molar-refractivity contribution in [1.29, 1.82) is 5.26 Å². The lowest BCUT2D eigenvalue weighted by atomic mass is 9.87. The molecule has 0 radical (unpaired) electrons. The molecule has 0 unspecified atom stereocenters. The number of methoxy groups -OCH3 is 2. The molecule has 4 rings (SSSR count). The molecule has 1 aliphatic rings. The van der Waals surface area contributed by atoms with Crippen LogP contribution in [0.2, 0.25) is 0 Å². The van der Waals surface area contributed by atoms with Gasteiger partial charge in [-0.3, -0.25) is 4.79 Å². The van der Waals surface area contributed by atoms with Crippen molar-refractivity contribution in [3.8, 4) is 28.7 Å². The van der Waals surface area contributed by atoms with Gasteiger partial charge in [-0.25, -0.2) is 4.52 Å². The molecule has 1 fully saturated rings. The zero-order valence-corrected chi connectivity index (χ0v) is 17.7. The first-order chi connectivity index (χ1) is 14.4. The molecule has 3 aromatic rings. The first-order valence-electron chi connectivity index (χ1n) is 10.1. The van der Waals surface area contributed by atoms with E-state index in [0.717, 1.165) is 35.0 Å². The van der Waals surface area contributed by atoms with Crippen LogP contribution in [-0.2, 0) is 5.41 Å². The fraction of sp³-hybridized carbons (Fsp3) is 0.375. The van der Waals surface area contributed by atoms with E-state index in [2.05, 4.69) is 11.2 Å². The van der Waals surface area contributed by atoms with Gasteiger partial charge in [0.1, 0.15) is 17.1 Å². The third-order valence-corrected chi connectivity index (χ3v) is 5.78. The molecule has 0 saturated heterocycles. The molecule has 154 valence electrons. The molecule has 30 heavy (non-hydrogen) atoms. The van der Waals surface area contributed by atoms with Gasteiger partial charge in [0.05, 0.1) is 37.4 Å². The summed E-state index contributed by atoms with van der Waals surface area (Å²) in [4.78, 5) is 12.8. The molecule has 1 aromatic carbocycles. The van der Waals surface area contributed by atoms with E-state index in [1.807, 2.05) is 44.3 Å². The predicted molar refractivity (Wildman–Crippen MR) is 114 cm³/mol. The van der Waals surface area contributed by atoms with Gasteiger partial charge >= 0.3 is 0 Å². The van der Waals surface area contributed by atoms with E-state index in [0.29, 0.717) is 29.4 Å². The lowest BCUT2D eigenvalue weighted by Crippen LogP contribution is -2.14. The Morgan fingerprint density at radius 1 is 1.23 bits per heavy atom. The minimum absolute atomic E-state index is 0.0565. The summed E-state index contributed by atoms with van der Waals surface area (Å²) in [5.41, 5.74) is 3.45. The summed E-state index contributed by atoms with van der Waals surface area (Å²) < 4.78 is 12.9. The molecule has 0 atom stereocenters. The number of hydrogen-bond donors (Lipinski definition) is 0. The van der Waals surface area contributed by atoms with E-state index in [1.165, 1.54) is 0 Å². The number of carbonyl (C=O) groups is 1. The van der Waals surface area contributed by atoms with Gasteiger partial charge in [-0.05, 0) is 61.9 Å². The highest BCUT2D eigenvalue weighted by molar-refractivity contribution is 6.02. The van der Waals surface area contributed by atoms with Gasteiger partial charge in [0.25, 0.3) is 0 Å². The average Bonchev–Trinajstić information content (AvgIpc) is 3.47. The van der Waals surface area contributed by atoms with Crippen molar-refractivity contribution in [2.24, 2.45) is 5.92 Å². The van der Waals surface area contributed by atoms with Crippen molar-refractivity contribution < 1.29 is 14.3 Å². The summed E-state index contributed by atoms with van der Waals surface area (Å²) in [7, 11) is 3.14.